The molecule has 1 aromatic rings. The first-order valence-corrected chi connectivity index (χ1v) is 10.5. The predicted octanol–water partition coefficient (Wildman–Crippen LogP) is 6.96. The fourth-order valence-electron chi connectivity index (χ4n) is 3.92. The minimum atomic E-state index is 0.787. The molecule has 1 heteroatoms. The molecule has 1 rings (SSSR count). The van der Waals surface area contributed by atoms with Crippen molar-refractivity contribution in [2.75, 3.05) is 14.1 Å². The van der Waals surface area contributed by atoms with E-state index in [-0.39, 0.29) is 0 Å². The third-order valence-electron chi connectivity index (χ3n) is 5.53. The zero-order valence-corrected chi connectivity index (χ0v) is 16.9. The first-order valence-electron chi connectivity index (χ1n) is 10.5. The van der Waals surface area contributed by atoms with Crippen LogP contribution in [0.2, 0.25) is 0 Å². The van der Waals surface area contributed by atoms with Gasteiger partial charge in [0.2, 0.25) is 0 Å². The summed E-state index contributed by atoms with van der Waals surface area (Å²) in [4.78, 5) is 0. The Labute approximate surface area is 152 Å². The van der Waals surface area contributed by atoms with E-state index in [0.29, 0.717) is 0 Å². The van der Waals surface area contributed by atoms with Crippen LogP contribution in [0, 0.1) is 0 Å². The average molecular weight is 333 g/mol. The molecule has 0 spiro atoms. The van der Waals surface area contributed by atoms with Crippen molar-refractivity contribution in [2.24, 2.45) is 0 Å². The number of nitrogens with zero attached hydrogens (tertiary/aromatic N) is 1. The molecule has 0 amide bonds. The second-order valence-electron chi connectivity index (χ2n) is 8.10. The van der Waals surface area contributed by atoms with Crippen LogP contribution < -0.4 is 0 Å². The molecule has 0 aliphatic carbocycles. The number of quaternary nitrogens is 1. The molecule has 1 aromatic carbocycles. The first kappa shape index (κ1) is 21.2. The van der Waals surface area contributed by atoms with Crippen molar-refractivity contribution in [1.29, 1.82) is 0 Å². The van der Waals surface area contributed by atoms with Crippen LogP contribution in [0.4, 0.5) is 0 Å². The molecule has 0 saturated heterocycles. The van der Waals surface area contributed by atoms with Crippen LogP contribution in [0.5, 0.6) is 0 Å². The summed E-state index contributed by atoms with van der Waals surface area (Å²) < 4.78 is 1.12. The third kappa shape index (κ3) is 8.87. The summed E-state index contributed by atoms with van der Waals surface area (Å²) in [5.41, 5.74) is 1.47. The van der Waals surface area contributed by atoms with Gasteiger partial charge < -0.3 is 4.48 Å². The molecule has 1 unspecified atom stereocenters. The van der Waals surface area contributed by atoms with Crippen molar-refractivity contribution >= 4 is 0 Å². The van der Waals surface area contributed by atoms with Gasteiger partial charge in [0.15, 0.2) is 0 Å². The molecule has 0 heterocycles. The summed E-state index contributed by atoms with van der Waals surface area (Å²) in [6, 6.07) is 11.8. The second kappa shape index (κ2) is 12.5. The molecular formula is C23H42N+. The van der Waals surface area contributed by atoms with Gasteiger partial charge in [-0.2, -0.15) is 0 Å². The van der Waals surface area contributed by atoms with Crippen molar-refractivity contribution in [3.63, 3.8) is 0 Å². The zero-order chi connectivity index (χ0) is 17.7. The van der Waals surface area contributed by atoms with Crippen molar-refractivity contribution in [3.05, 3.63) is 35.9 Å². The van der Waals surface area contributed by atoms with E-state index in [1.165, 1.54) is 76.2 Å². The average Bonchev–Trinajstić information content (AvgIpc) is 2.57. The minimum absolute atomic E-state index is 0.787. The smallest absolute Gasteiger partial charge is 0.104 e. The molecule has 138 valence electrons. The Morgan fingerprint density at radius 1 is 0.750 bits per heavy atom. The van der Waals surface area contributed by atoms with E-state index >= 15 is 0 Å². The lowest BCUT2D eigenvalue weighted by atomic mass is 10.0. The van der Waals surface area contributed by atoms with Gasteiger partial charge in [0.05, 0.1) is 20.1 Å². The standard InChI is InChI=1S/C23H42N/c1-5-7-8-9-10-11-12-13-17-20-23(6-2)24(3,4)21-22-18-15-14-16-19-22/h14-16,18-19,23H,5-13,17,20-21H2,1-4H3/q+1. The van der Waals surface area contributed by atoms with E-state index in [1.807, 2.05) is 0 Å². The minimum Gasteiger partial charge on any atom is -0.322 e. The maximum absolute atomic E-state index is 2.41. The zero-order valence-electron chi connectivity index (χ0n) is 16.9. The third-order valence-corrected chi connectivity index (χ3v) is 5.53. The van der Waals surface area contributed by atoms with Crippen molar-refractivity contribution in [1.82, 2.24) is 0 Å². The number of hydrogen-bond donors (Lipinski definition) is 0. The summed E-state index contributed by atoms with van der Waals surface area (Å²) in [6.45, 7) is 5.81. The lowest BCUT2D eigenvalue weighted by molar-refractivity contribution is -0.928. The SMILES string of the molecule is CCCCCCCCCCCC(CC)[N+](C)(C)Cc1ccccc1. The molecule has 1 atom stereocenters. The van der Waals surface area contributed by atoms with Gasteiger partial charge in [0.25, 0.3) is 0 Å². The van der Waals surface area contributed by atoms with E-state index in [4.69, 9.17) is 0 Å². The molecule has 0 aliphatic rings. The Hall–Kier alpha value is -0.820. The van der Waals surface area contributed by atoms with Crippen molar-refractivity contribution in [3.8, 4) is 0 Å². The van der Waals surface area contributed by atoms with Crippen LogP contribution in [0.1, 0.15) is 90.0 Å². The summed E-state index contributed by atoms with van der Waals surface area (Å²) in [5, 5.41) is 0. The molecular weight excluding hydrogens is 290 g/mol. The summed E-state index contributed by atoms with van der Waals surface area (Å²) >= 11 is 0. The van der Waals surface area contributed by atoms with E-state index in [0.717, 1.165) is 17.1 Å². The number of unbranched alkanes of at least 4 members (excludes halogenated alkanes) is 8. The monoisotopic (exact) mass is 332 g/mol. The van der Waals surface area contributed by atoms with Crippen molar-refractivity contribution in [2.45, 2.75) is 97.1 Å². The Morgan fingerprint density at radius 3 is 1.83 bits per heavy atom. The van der Waals surface area contributed by atoms with E-state index < -0.39 is 0 Å². The number of rotatable bonds is 14. The van der Waals surface area contributed by atoms with E-state index in [2.05, 4.69) is 58.3 Å². The van der Waals surface area contributed by atoms with Gasteiger partial charge in [-0.15, -0.1) is 0 Å². The van der Waals surface area contributed by atoms with Crippen LogP contribution in [-0.2, 0) is 6.54 Å². The first-order chi connectivity index (χ1) is 11.6. The largest absolute Gasteiger partial charge is 0.322 e. The highest BCUT2D eigenvalue weighted by molar-refractivity contribution is 5.13. The molecule has 0 N–H and O–H groups in total. The van der Waals surface area contributed by atoms with Crippen LogP contribution in [0.25, 0.3) is 0 Å². The molecule has 0 radical (unpaired) electrons. The Bertz CT molecular complexity index is 396. The molecule has 0 aromatic heterocycles. The van der Waals surface area contributed by atoms with Gasteiger partial charge in [-0.3, -0.25) is 0 Å². The lowest BCUT2D eigenvalue weighted by Gasteiger charge is -2.38. The van der Waals surface area contributed by atoms with Crippen LogP contribution >= 0.6 is 0 Å². The lowest BCUT2D eigenvalue weighted by Crippen LogP contribution is -2.47. The van der Waals surface area contributed by atoms with Gasteiger partial charge in [0, 0.05) is 5.56 Å². The predicted molar refractivity (Wildman–Crippen MR) is 108 cm³/mol. The van der Waals surface area contributed by atoms with Crippen LogP contribution in [-0.4, -0.2) is 24.6 Å². The van der Waals surface area contributed by atoms with Gasteiger partial charge in [-0.1, -0.05) is 95.5 Å². The molecule has 0 saturated carbocycles. The van der Waals surface area contributed by atoms with Gasteiger partial charge >= 0.3 is 0 Å². The van der Waals surface area contributed by atoms with E-state index in [1.54, 1.807) is 0 Å². The quantitative estimate of drug-likeness (QED) is 0.255. The molecule has 0 aliphatic heterocycles. The Morgan fingerprint density at radius 2 is 1.29 bits per heavy atom. The summed E-state index contributed by atoms with van der Waals surface area (Å²) in [7, 11) is 4.82. The van der Waals surface area contributed by atoms with Gasteiger partial charge in [-0.05, 0) is 19.3 Å². The Kier molecular flexibility index (Phi) is 11.1. The highest BCUT2D eigenvalue weighted by atomic mass is 15.3. The maximum atomic E-state index is 2.41. The highest BCUT2D eigenvalue weighted by Gasteiger charge is 2.26. The molecule has 0 fully saturated rings. The van der Waals surface area contributed by atoms with Crippen LogP contribution in [0.15, 0.2) is 30.3 Å². The van der Waals surface area contributed by atoms with Crippen LogP contribution in [0.3, 0.4) is 0 Å². The normalized spacial score (nSPS) is 13.2. The maximum Gasteiger partial charge on any atom is 0.104 e. The fraction of sp³-hybridized carbons (Fsp3) is 0.739. The molecule has 0 bridgehead atoms. The topological polar surface area (TPSA) is 0 Å². The highest BCUT2D eigenvalue weighted by Crippen LogP contribution is 2.22. The Balaban J connectivity index is 2.21. The second-order valence-corrected chi connectivity index (χ2v) is 8.10. The fourth-order valence-corrected chi connectivity index (χ4v) is 3.92. The molecule has 1 nitrogen and oxygen atoms in total. The number of hydrogen-bond acceptors (Lipinski definition) is 0. The van der Waals surface area contributed by atoms with Gasteiger partial charge in [-0.25, -0.2) is 0 Å². The van der Waals surface area contributed by atoms with E-state index in [9.17, 15) is 0 Å². The van der Waals surface area contributed by atoms with Gasteiger partial charge in [0.1, 0.15) is 6.54 Å². The summed E-state index contributed by atoms with van der Waals surface area (Å²) in [5.74, 6) is 0. The van der Waals surface area contributed by atoms with Crippen molar-refractivity contribution < 1.29 is 4.48 Å². The summed E-state index contributed by atoms with van der Waals surface area (Å²) in [6.07, 6.45) is 15.5. The molecule has 24 heavy (non-hydrogen) atoms. The number of benzene rings is 1.